The van der Waals surface area contributed by atoms with Gasteiger partial charge in [-0.1, -0.05) is 6.92 Å². The molecule has 0 saturated carbocycles. The van der Waals surface area contributed by atoms with Crippen LogP contribution in [0.4, 0.5) is 5.82 Å². The molecule has 1 fully saturated rings. The Morgan fingerprint density at radius 1 is 1.67 bits per heavy atom. The van der Waals surface area contributed by atoms with Crippen molar-refractivity contribution in [3.63, 3.8) is 0 Å². The zero-order valence-corrected chi connectivity index (χ0v) is 8.98. The second-order valence-electron chi connectivity index (χ2n) is 3.91. The summed E-state index contributed by atoms with van der Waals surface area (Å²) in [6.45, 7) is 3.28. The van der Waals surface area contributed by atoms with Crippen LogP contribution in [0, 0.1) is 11.3 Å². The summed E-state index contributed by atoms with van der Waals surface area (Å²) in [7, 11) is 0. The van der Waals surface area contributed by atoms with E-state index in [1.165, 1.54) is 12.8 Å². The van der Waals surface area contributed by atoms with Crippen molar-refractivity contribution in [2.24, 2.45) is 0 Å². The highest BCUT2D eigenvalue weighted by atomic mass is 15.2. The standard InChI is InChI=1S/C12H15N3/c1-2-11-4-3-7-15(11)12-8-10(9-13)5-6-14-12/h5-6,8,11H,2-4,7H2,1H3. The maximum atomic E-state index is 8.83. The van der Waals surface area contributed by atoms with E-state index < -0.39 is 0 Å². The van der Waals surface area contributed by atoms with Crippen molar-refractivity contribution < 1.29 is 0 Å². The van der Waals surface area contributed by atoms with Crippen molar-refractivity contribution >= 4 is 5.82 Å². The van der Waals surface area contributed by atoms with Gasteiger partial charge in [-0.2, -0.15) is 5.26 Å². The molecule has 2 heterocycles. The van der Waals surface area contributed by atoms with E-state index in [1.807, 2.05) is 6.07 Å². The van der Waals surface area contributed by atoms with Gasteiger partial charge in [0, 0.05) is 18.8 Å². The first kappa shape index (κ1) is 9.97. The quantitative estimate of drug-likeness (QED) is 0.737. The third-order valence-corrected chi connectivity index (χ3v) is 3.02. The Labute approximate surface area is 90.4 Å². The molecule has 0 bridgehead atoms. The number of hydrogen-bond acceptors (Lipinski definition) is 3. The largest absolute Gasteiger partial charge is 0.354 e. The molecule has 0 amide bonds. The average molecular weight is 201 g/mol. The van der Waals surface area contributed by atoms with Crippen LogP contribution in [-0.2, 0) is 0 Å². The van der Waals surface area contributed by atoms with Crippen molar-refractivity contribution in [3.05, 3.63) is 23.9 Å². The van der Waals surface area contributed by atoms with Crippen LogP contribution in [0.1, 0.15) is 31.7 Å². The molecule has 3 nitrogen and oxygen atoms in total. The number of hydrogen-bond donors (Lipinski definition) is 0. The predicted molar refractivity (Wildman–Crippen MR) is 59.6 cm³/mol. The molecule has 0 spiro atoms. The van der Waals surface area contributed by atoms with Crippen LogP contribution in [0.15, 0.2) is 18.3 Å². The molecule has 1 aromatic heterocycles. The van der Waals surface area contributed by atoms with E-state index in [4.69, 9.17) is 5.26 Å². The van der Waals surface area contributed by atoms with Crippen molar-refractivity contribution in [2.45, 2.75) is 32.2 Å². The van der Waals surface area contributed by atoms with E-state index in [9.17, 15) is 0 Å². The molecule has 1 atom stereocenters. The fourth-order valence-corrected chi connectivity index (χ4v) is 2.21. The molecular weight excluding hydrogens is 186 g/mol. The van der Waals surface area contributed by atoms with Crippen molar-refractivity contribution in [1.29, 1.82) is 5.26 Å². The minimum Gasteiger partial charge on any atom is -0.354 e. The minimum absolute atomic E-state index is 0.603. The summed E-state index contributed by atoms with van der Waals surface area (Å²) in [5.74, 6) is 0.957. The molecule has 2 rings (SSSR count). The number of aromatic nitrogens is 1. The Bertz CT molecular complexity index is 381. The van der Waals surface area contributed by atoms with Crippen LogP contribution < -0.4 is 4.90 Å². The van der Waals surface area contributed by atoms with Gasteiger partial charge in [0.2, 0.25) is 0 Å². The van der Waals surface area contributed by atoms with Crippen molar-refractivity contribution in [3.8, 4) is 6.07 Å². The molecule has 3 heteroatoms. The molecule has 1 saturated heterocycles. The van der Waals surface area contributed by atoms with Gasteiger partial charge in [-0.15, -0.1) is 0 Å². The van der Waals surface area contributed by atoms with E-state index >= 15 is 0 Å². The van der Waals surface area contributed by atoms with Crippen molar-refractivity contribution in [1.82, 2.24) is 4.98 Å². The molecular formula is C12H15N3. The average Bonchev–Trinajstić information content (AvgIpc) is 2.77. The molecule has 0 radical (unpaired) electrons. The second-order valence-corrected chi connectivity index (χ2v) is 3.91. The molecule has 0 aliphatic carbocycles. The lowest BCUT2D eigenvalue weighted by Crippen LogP contribution is -2.29. The summed E-state index contributed by atoms with van der Waals surface area (Å²) in [6, 6.07) is 6.39. The van der Waals surface area contributed by atoms with E-state index in [1.54, 1.807) is 12.3 Å². The Morgan fingerprint density at radius 2 is 2.53 bits per heavy atom. The molecule has 0 N–H and O–H groups in total. The normalized spacial score (nSPS) is 20.3. The molecule has 1 aliphatic heterocycles. The van der Waals surface area contributed by atoms with Gasteiger partial charge in [-0.3, -0.25) is 0 Å². The lowest BCUT2D eigenvalue weighted by Gasteiger charge is -2.24. The van der Waals surface area contributed by atoms with Gasteiger partial charge in [0.05, 0.1) is 11.6 Å². The molecule has 0 aromatic carbocycles. The van der Waals surface area contributed by atoms with E-state index in [2.05, 4.69) is 22.9 Å². The van der Waals surface area contributed by atoms with Crippen LogP contribution in [0.25, 0.3) is 0 Å². The van der Waals surface area contributed by atoms with Crippen LogP contribution >= 0.6 is 0 Å². The second kappa shape index (κ2) is 4.31. The third kappa shape index (κ3) is 1.94. The zero-order chi connectivity index (χ0) is 10.7. The van der Waals surface area contributed by atoms with Gasteiger partial charge >= 0.3 is 0 Å². The topological polar surface area (TPSA) is 39.9 Å². The van der Waals surface area contributed by atoms with Crippen LogP contribution in [0.2, 0.25) is 0 Å². The van der Waals surface area contributed by atoms with Gasteiger partial charge in [-0.05, 0) is 31.4 Å². The maximum Gasteiger partial charge on any atom is 0.130 e. The summed E-state index contributed by atoms with van der Waals surface area (Å²) in [4.78, 5) is 6.66. The van der Waals surface area contributed by atoms with E-state index in [-0.39, 0.29) is 0 Å². The first-order valence-electron chi connectivity index (χ1n) is 5.48. The third-order valence-electron chi connectivity index (χ3n) is 3.02. The summed E-state index contributed by atoms with van der Waals surface area (Å²) in [5, 5.41) is 8.83. The number of nitrogens with zero attached hydrogens (tertiary/aromatic N) is 3. The molecule has 1 aromatic rings. The zero-order valence-electron chi connectivity index (χ0n) is 8.98. The Morgan fingerprint density at radius 3 is 3.27 bits per heavy atom. The number of pyridine rings is 1. The summed E-state index contributed by atoms with van der Waals surface area (Å²) >= 11 is 0. The van der Waals surface area contributed by atoms with E-state index in [0.29, 0.717) is 11.6 Å². The molecule has 15 heavy (non-hydrogen) atoms. The van der Waals surface area contributed by atoms with Crippen molar-refractivity contribution in [2.75, 3.05) is 11.4 Å². The molecule has 1 unspecified atom stereocenters. The van der Waals surface area contributed by atoms with Gasteiger partial charge < -0.3 is 4.90 Å². The first-order valence-corrected chi connectivity index (χ1v) is 5.48. The summed E-state index contributed by atoms with van der Waals surface area (Å²) in [5.41, 5.74) is 0.696. The van der Waals surface area contributed by atoms with Gasteiger partial charge in [-0.25, -0.2) is 4.98 Å². The number of rotatable bonds is 2. The predicted octanol–water partition coefficient (Wildman–Crippen LogP) is 2.33. The fourth-order valence-electron chi connectivity index (χ4n) is 2.21. The van der Waals surface area contributed by atoms with Crippen LogP contribution in [-0.4, -0.2) is 17.6 Å². The highest BCUT2D eigenvalue weighted by Crippen LogP contribution is 2.25. The summed E-state index contributed by atoms with van der Waals surface area (Å²) < 4.78 is 0. The molecule has 1 aliphatic rings. The van der Waals surface area contributed by atoms with Gasteiger partial charge in [0.15, 0.2) is 0 Å². The van der Waals surface area contributed by atoms with E-state index in [0.717, 1.165) is 18.8 Å². The molecule has 78 valence electrons. The number of nitriles is 1. The summed E-state index contributed by atoms with van der Waals surface area (Å²) in [6.07, 6.45) is 5.35. The smallest absolute Gasteiger partial charge is 0.130 e. The number of anilines is 1. The lowest BCUT2D eigenvalue weighted by molar-refractivity contribution is 0.640. The van der Waals surface area contributed by atoms with Crippen LogP contribution in [0.5, 0.6) is 0 Å². The maximum absolute atomic E-state index is 8.83. The SMILES string of the molecule is CCC1CCCN1c1cc(C#N)ccn1. The highest BCUT2D eigenvalue weighted by molar-refractivity contribution is 5.46. The Kier molecular flexibility index (Phi) is 2.86. The fraction of sp³-hybridized carbons (Fsp3) is 0.500. The Balaban J connectivity index is 2.25. The van der Waals surface area contributed by atoms with Crippen LogP contribution in [0.3, 0.4) is 0 Å². The monoisotopic (exact) mass is 201 g/mol. The minimum atomic E-state index is 0.603. The highest BCUT2D eigenvalue weighted by Gasteiger charge is 2.23. The Hall–Kier alpha value is -1.56. The van der Waals surface area contributed by atoms with Gasteiger partial charge in [0.1, 0.15) is 5.82 Å². The first-order chi connectivity index (χ1) is 7.35. The lowest BCUT2D eigenvalue weighted by atomic mass is 10.1. The van der Waals surface area contributed by atoms with Gasteiger partial charge in [0.25, 0.3) is 0 Å².